The van der Waals surface area contributed by atoms with Gasteiger partial charge in [0.05, 0.1) is 27.0 Å². The maximum Gasteiger partial charge on any atom is 0.417 e. The molecule has 0 saturated carbocycles. The predicted octanol–water partition coefficient (Wildman–Crippen LogP) is 3.69. The third-order valence-corrected chi connectivity index (χ3v) is 5.67. The van der Waals surface area contributed by atoms with E-state index in [1.54, 1.807) is 0 Å². The number of likely N-dealkylation sites (N-methyl/N-ethyl adjacent to an activating group) is 1. The minimum atomic E-state index is -4.89. The molecule has 162 valence electrons. The van der Waals surface area contributed by atoms with E-state index in [0.717, 1.165) is 6.20 Å². The Kier molecular flexibility index (Phi) is 6.23. The molecule has 0 bridgehead atoms. The summed E-state index contributed by atoms with van der Waals surface area (Å²) in [5.74, 6) is -1.63. The first kappa shape index (κ1) is 22.3. The fourth-order valence-corrected chi connectivity index (χ4v) is 3.59. The number of carbonyl (C=O) groups is 1. The minimum Gasteiger partial charge on any atom is -0.367 e. The molecule has 3 rings (SSSR count). The number of alkyl halides is 3. The van der Waals surface area contributed by atoms with Crippen molar-refractivity contribution in [2.24, 2.45) is 0 Å². The zero-order valence-electron chi connectivity index (χ0n) is 16.1. The lowest BCUT2D eigenvalue weighted by Gasteiger charge is -2.39. The molecule has 1 fully saturated rings. The minimum absolute atomic E-state index is 0.0567. The van der Waals surface area contributed by atoms with Crippen molar-refractivity contribution < 1.29 is 22.4 Å². The second kappa shape index (κ2) is 8.38. The number of hydrogen-bond donors (Lipinski definition) is 2. The van der Waals surface area contributed by atoms with Crippen molar-refractivity contribution in [2.45, 2.75) is 19.1 Å². The van der Waals surface area contributed by atoms with Gasteiger partial charge in [0.15, 0.2) is 0 Å². The summed E-state index contributed by atoms with van der Waals surface area (Å²) in [7, 11) is 1.96. The first-order chi connectivity index (χ1) is 14.0. The normalized spacial score (nSPS) is 17.8. The number of anilines is 2. The van der Waals surface area contributed by atoms with Gasteiger partial charge in [-0.2, -0.15) is 13.2 Å². The lowest BCUT2D eigenvalue weighted by Crippen LogP contribution is -2.50. The lowest BCUT2D eigenvalue weighted by atomic mass is 10.1. The Morgan fingerprint density at radius 1 is 1.27 bits per heavy atom. The predicted molar refractivity (Wildman–Crippen MR) is 108 cm³/mol. The van der Waals surface area contributed by atoms with E-state index in [9.17, 15) is 27.2 Å². The number of piperazine rings is 1. The lowest BCUT2D eigenvalue weighted by molar-refractivity contribution is -0.138. The molecule has 1 amide bonds. The summed E-state index contributed by atoms with van der Waals surface area (Å²) < 4.78 is 54.2. The molecule has 1 aliphatic heterocycles. The van der Waals surface area contributed by atoms with Crippen LogP contribution < -0.4 is 15.8 Å². The van der Waals surface area contributed by atoms with E-state index in [-0.39, 0.29) is 16.2 Å². The molecule has 1 aliphatic rings. The second-order valence-corrected chi connectivity index (χ2v) is 7.99. The van der Waals surface area contributed by atoms with Crippen LogP contribution in [-0.4, -0.2) is 48.5 Å². The fraction of sp³-hybridized carbons (Fsp3) is 0.368. The number of benzene rings is 1. The molecule has 0 aliphatic carbocycles. The average molecular weight is 491 g/mol. The van der Waals surface area contributed by atoms with E-state index in [4.69, 9.17) is 0 Å². The van der Waals surface area contributed by atoms with Gasteiger partial charge in [-0.05, 0) is 36.0 Å². The van der Waals surface area contributed by atoms with E-state index in [1.165, 1.54) is 12.1 Å². The zero-order valence-corrected chi connectivity index (χ0v) is 17.7. The van der Waals surface area contributed by atoms with E-state index in [2.05, 4.69) is 31.1 Å². The van der Waals surface area contributed by atoms with Crippen molar-refractivity contribution in [2.75, 3.05) is 36.9 Å². The Labute approximate surface area is 178 Å². The van der Waals surface area contributed by atoms with Crippen LogP contribution in [0.15, 0.2) is 33.7 Å². The molecule has 2 N–H and O–H groups in total. The molecule has 30 heavy (non-hydrogen) atoms. The van der Waals surface area contributed by atoms with Gasteiger partial charge in [0.25, 0.3) is 5.91 Å². The fourth-order valence-electron chi connectivity index (χ4n) is 3.25. The van der Waals surface area contributed by atoms with Crippen molar-refractivity contribution in [3.05, 3.63) is 56.2 Å². The number of H-pyrrole nitrogens is 1. The number of nitrogens with zero attached hydrogens (tertiary/aromatic N) is 2. The van der Waals surface area contributed by atoms with Gasteiger partial charge < -0.3 is 20.1 Å². The quantitative estimate of drug-likeness (QED) is 0.644. The van der Waals surface area contributed by atoms with Gasteiger partial charge in [0.1, 0.15) is 5.82 Å². The molecule has 2 heterocycles. The summed E-state index contributed by atoms with van der Waals surface area (Å²) in [6.45, 7) is 3.80. The summed E-state index contributed by atoms with van der Waals surface area (Å²) >= 11 is 3.05. The van der Waals surface area contributed by atoms with Crippen molar-refractivity contribution >= 4 is 33.2 Å². The van der Waals surface area contributed by atoms with Crippen LogP contribution in [0.4, 0.5) is 28.9 Å². The van der Waals surface area contributed by atoms with Crippen LogP contribution in [0, 0.1) is 5.82 Å². The van der Waals surface area contributed by atoms with Gasteiger partial charge in [-0.15, -0.1) is 0 Å². The van der Waals surface area contributed by atoms with E-state index >= 15 is 0 Å². The zero-order chi connectivity index (χ0) is 22.2. The summed E-state index contributed by atoms with van der Waals surface area (Å²) in [6, 6.07) is 3.03. The number of aromatic nitrogens is 1. The van der Waals surface area contributed by atoms with Crippen LogP contribution >= 0.6 is 15.9 Å². The van der Waals surface area contributed by atoms with Gasteiger partial charge in [-0.3, -0.25) is 9.59 Å². The van der Waals surface area contributed by atoms with Crippen LogP contribution in [-0.2, 0) is 6.18 Å². The largest absolute Gasteiger partial charge is 0.417 e. The molecule has 0 radical (unpaired) electrons. The van der Waals surface area contributed by atoms with Crippen molar-refractivity contribution in [3.63, 3.8) is 0 Å². The van der Waals surface area contributed by atoms with Crippen LogP contribution in [0.1, 0.15) is 22.8 Å². The van der Waals surface area contributed by atoms with Gasteiger partial charge >= 0.3 is 6.18 Å². The number of pyridine rings is 1. The molecule has 0 spiro atoms. The standard InChI is InChI=1S/C19H19BrF4N4O2/c1-10-9-28(4-3-27(10)2)16-7-14(21)13(20)6-15(16)26-18(30)11-8-25-17(29)5-12(11)19(22,23)24/h5-8,10H,3-4,9H2,1-2H3,(H,25,29)(H,26,30)/t10-/m1/s1. The van der Waals surface area contributed by atoms with Crippen LogP contribution in [0.2, 0.25) is 0 Å². The number of carbonyl (C=O) groups excluding carboxylic acids is 1. The van der Waals surface area contributed by atoms with E-state index in [0.29, 0.717) is 31.4 Å². The summed E-state index contributed by atoms with van der Waals surface area (Å²) in [6.07, 6.45) is -4.17. The molecular weight excluding hydrogens is 472 g/mol. The highest BCUT2D eigenvalue weighted by molar-refractivity contribution is 9.10. The topological polar surface area (TPSA) is 68.4 Å². The van der Waals surface area contributed by atoms with Crippen LogP contribution in [0.5, 0.6) is 0 Å². The Bertz CT molecular complexity index is 1020. The number of hydrogen-bond acceptors (Lipinski definition) is 4. The van der Waals surface area contributed by atoms with Crippen molar-refractivity contribution in [1.29, 1.82) is 0 Å². The Morgan fingerprint density at radius 3 is 2.60 bits per heavy atom. The monoisotopic (exact) mass is 490 g/mol. The van der Waals surface area contributed by atoms with E-state index < -0.39 is 34.6 Å². The third-order valence-electron chi connectivity index (χ3n) is 5.06. The first-order valence-corrected chi connectivity index (χ1v) is 9.82. The van der Waals surface area contributed by atoms with Crippen molar-refractivity contribution in [1.82, 2.24) is 9.88 Å². The van der Waals surface area contributed by atoms with Gasteiger partial charge in [-0.1, -0.05) is 0 Å². The maximum atomic E-state index is 14.2. The molecule has 0 unspecified atom stereocenters. The highest BCUT2D eigenvalue weighted by atomic mass is 79.9. The van der Waals surface area contributed by atoms with Gasteiger partial charge in [0.2, 0.25) is 5.56 Å². The molecule has 6 nitrogen and oxygen atoms in total. The molecule has 1 aromatic carbocycles. The molecule has 11 heteroatoms. The van der Waals surface area contributed by atoms with Gasteiger partial charge in [-0.25, -0.2) is 4.39 Å². The average Bonchev–Trinajstić information content (AvgIpc) is 2.66. The SMILES string of the molecule is C[C@@H]1CN(c2cc(F)c(Br)cc2NC(=O)c2c[nH]c(=O)cc2C(F)(F)F)CCN1C. The number of amides is 1. The Morgan fingerprint density at radius 2 is 1.97 bits per heavy atom. The van der Waals surface area contributed by atoms with Crippen LogP contribution in [0.3, 0.4) is 0 Å². The van der Waals surface area contributed by atoms with Crippen molar-refractivity contribution in [3.8, 4) is 0 Å². The molecule has 1 saturated heterocycles. The molecular formula is C19H19BrF4N4O2. The maximum absolute atomic E-state index is 14.2. The highest BCUT2D eigenvalue weighted by Crippen LogP contribution is 2.35. The molecule has 2 aromatic rings. The Balaban J connectivity index is 1.99. The Hall–Kier alpha value is -2.40. The van der Waals surface area contributed by atoms with Gasteiger partial charge in [0, 0.05) is 44.0 Å². The summed E-state index contributed by atoms with van der Waals surface area (Å²) in [5.41, 5.74) is -2.54. The second-order valence-electron chi connectivity index (χ2n) is 7.14. The summed E-state index contributed by atoms with van der Waals surface area (Å²) in [5, 5.41) is 2.44. The first-order valence-electron chi connectivity index (χ1n) is 9.03. The number of halogens is 5. The molecule has 1 atom stereocenters. The number of rotatable bonds is 3. The van der Waals surface area contributed by atoms with Crippen LogP contribution in [0.25, 0.3) is 0 Å². The highest BCUT2D eigenvalue weighted by Gasteiger charge is 2.36. The third kappa shape index (κ3) is 4.67. The molecule has 1 aromatic heterocycles. The van der Waals surface area contributed by atoms with E-state index in [1.807, 2.05) is 18.9 Å². The smallest absolute Gasteiger partial charge is 0.367 e. The number of nitrogens with one attached hydrogen (secondary N) is 2. The summed E-state index contributed by atoms with van der Waals surface area (Å²) in [4.78, 5) is 30.1. The number of aromatic amines is 1.